The van der Waals surface area contributed by atoms with E-state index in [9.17, 15) is 17.6 Å². The molecule has 174 valence electrons. The monoisotopic (exact) mass is 462 g/mol. The third kappa shape index (κ3) is 3.60. The molecule has 6 rings (SSSR count). The number of amides is 1. The summed E-state index contributed by atoms with van der Waals surface area (Å²) >= 11 is 0. The van der Waals surface area contributed by atoms with E-state index in [1.807, 2.05) is 6.92 Å². The standard InChI is InChI=1S/C24H31FN2O4S/c1-14(17-12-26-19-6-5-18(25)22(21(17)19)31-32(4,29)30)7-20(28)27-15-8-23(2)9-16(27)11-24(3,10-15)13-23/h5-6,12,14-16,26H,7-11,13H2,1-4H3. The quantitative estimate of drug-likeness (QED) is 0.653. The van der Waals surface area contributed by atoms with Gasteiger partial charge in [-0.25, -0.2) is 4.39 Å². The molecule has 1 aromatic heterocycles. The normalized spacial score (nSPS) is 32.5. The Labute approximate surface area is 188 Å². The Morgan fingerprint density at radius 3 is 2.38 bits per heavy atom. The third-order valence-corrected chi connectivity index (χ3v) is 8.34. The zero-order valence-corrected chi connectivity index (χ0v) is 19.9. The number of hydrogen-bond donors (Lipinski definition) is 1. The summed E-state index contributed by atoms with van der Waals surface area (Å²) in [6.07, 6.45) is 8.47. The minimum Gasteiger partial charge on any atom is -0.379 e. The summed E-state index contributed by atoms with van der Waals surface area (Å²) in [5.41, 5.74) is 1.95. The molecule has 4 fully saturated rings. The molecule has 0 radical (unpaired) electrons. The first-order valence-electron chi connectivity index (χ1n) is 11.4. The Hall–Kier alpha value is -2.09. The van der Waals surface area contributed by atoms with Gasteiger partial charge in [0.1, 0.15) is 0 Å². The van der Waals surface area contributed by atoms with Gasteiger partial charge in [-0.3, -0.25) is 4.79 Å². The molecule has 1 unspecified atom stereocenters. The average molecular weight is 463 g/mol. The number of halogens is 1. The Morgan fingerprint density at radius 2 is 1.81 bits per heavy atom. The number of nitrogens with zero attached hydrogens (tertiary/aromatic N) is 1. The summed E-state index contributed by atoms with van der Waals surface area (Å²) in [7, 11) is -3.90. The van der Waals surface area contributed by atoms with Crippen molar-refractivity contribution >= 4 is 26.9 Å². The zero-order valence-electron chi connectivity index (χ0n) is 19.1. The van der Waals surface area contributed by atoms with Crippen molar-refractivity contribution in [3.8, 4) is 5.75 Å². The number of fused-ring (bicyclic) bond motifs is 1. The van der Waals surface area contributed by atoms with Gasteiger partial charge in [-0.1, -0.05) is 20.8 Å². The van der Waals surface area contributed by atoms with Gasteiger partial charge in [0.15, 0.2) is 11.6 Å². The molecule has 3 heterocycles. The Kier molecular flexibility index (Phi) is 4.72. The van der Waals surface area contributed by atoms with Crippen LogP contribution in [0.1, 0.15) is 70.8 Å². The van der Waals surface area contributed by atoms with Crippen LogP contribution in [0.4, 0.5) is 4.39 Å². The summed E-state index contributed by atoms with van der Waals surface area (Å²) in [5, 5.41) is 0.385. The predicted molar refractivity (Wildman–Crippen MR) is 120 cm³/mol. The van der Waals surface area contributed by atoms with Crippen LogP contribution in [0.5, 0.6) is 5.75 Å². The number of piperidine rings is 2. The second-order valence-corrected chi connectivity index (χ2v) is 12.7. The molecule has 2 saturated heterocycles. The van der Waals surface area contributed by atoms with Gasteiger partial charge < -0.3 is 14.1 Å². The fraction of sp³-hybridized carbons (Fsp3) is 0.625. The fourth-order valence-electron chi connectivity index (χ4n) is 7.29. The highest BCUT2D eigenvalue weighted by molar-refractivity contribution is 7.86. The first kappa shape index (κ1) is 21.7. The summed E-state index contributed by atoms with van der Waals surface area (Å²) < 4.78 is 42.9. The van der Waals surface area contributed by atoms with Crippen LogP contribution in [0.3, 0.4) is 0 Å². The van der Waals surface area contributed by atoms with E-state index >= 15 is 0 Å². The predicted octanol–water partition coefficient (Wildman–Crippen LogP) is 4.71. The molecule has 32 heavy (non-hydrogen) atoms. The van der Waals surface area contributed by atoms with E-state index in [1.54, 1.807) is 12.3 Å². The third-order valence-electron chi connectivity index (χ3n) is 7.87. The van der Waals surface area contributed by atoms with Gasteiger partial charge in [0, 0.05) is 35.6 Å². The van der Waals surface area contributed by atoms with Crippen molar-refractivity contribution in [2.45, 2.75) is 77.3 Å². The summed E-state index contributed by atoms with van der Waals surface area (Å²) in [6.45, 7) is 6.67. The van der Waals surface area contributed by atoms with Gasteiger partial charge in [0.05, 0.1) is 6.26 Å². The number of rotatable bonds is 5. The van der Waals surface area contributed by atoms with Crippen molar-refractivity contribution in [3.63, 3.8) is 0 Å². The van der Waals surface area contributed by atoms with Gasteiger partial charge in [-0.05, 0) is 66.5 Å². The lowest BCUT2D eigenvalue weighted by Gasteiger charge is -2.64. The Bertz CT molecular complexity index is 1170. The van der Waals surface area contributed by atoms with Crippen LogP contribution in [0.25, 0.3) is 10.9 Å². The van der Waals surface area contributed by atoms with E-state index in [1.165, 1.54) is 12.5 Å². The van der Waals surface area contributed by atoms with Crippen molar-refractivity contribution in [1.82, 2.24) is 9.88 Å². The molecular weight excluding hydrogens is 431 g/mol. The van der Waals surface area contributed by atoms with Crippen molar-refractivity contribution in [3.05, 3.63) is 29.7 Å². The fourth-order valence-corrected chi connectivity index (χ4v) is 7.76. The summed E-state index contributed by atoms with van der Waals surface area (Å²) in [5.74, 6) is -1.14. The molecule has 4 bridgehead atoms. The second kappa shape index (κ2) is 6.95. The van der Waals surface area contributed by atoms with Crippen LogP contribution in [0.15, 0.2) is 18.3 Å². The smallest absolute Gasteiger partial charge is 0.306 e. The number of carbonyl (C=O) groups is 1. The largest absolute Gasteiger partial charge is 0.379 e. The summed E-state index contributed by atoms with van der Waals surface area (Å²) in [4.78, 5) is 18.7. The minimum atomic E-state index is -3.90. The SMILES string of the molecule is CC(CC(=O)N1C2CC3(C)CC1CC(C)(C2)C3)c1c[nH]c2ccc(F)c(OS(C)(=O)=O)c12. The Morgan fingerprint density at radius 1 is 1.22 bits per heavy atom. The molecule has 1 atom stereocenters. The maximum Gasteiger partial charge on any atom is 0.306 e. The van der Waals surface area contributed by atoms with Crippen LogP contribution in [-0.4, -0.2) is 42.5 Å². The highest BCUT2D eigenvalue weighted by Gasteiger charge is 2.58. The van der Waals surface area contributed by atoms with Gasteiger partial charge in [0.25, 0.3) is 0 Å². The minimum absolute atomic E-state index is 0.134. The van der Waals surface area contributed by atoms with Crippen molar-refractivity contribution in [2.24, 2.45) is 10.8 Å². The summed E-state index contributed by atoms with van der Waals surface area (Å²) in [6, 6.07) is 3.34. The highest BCUT2D eigenvalue weighted by atomic mass is 32.2. The lowest BCUT2D eigenvalue weighted by atomic mass is 9.50. The molecule has 2 aliphatic heterocycles. The van der Waals surface area contributed by atoms with Crippen LogP contribution in [0, 0.1) is 16.6 Å². The highest BCUT2D eigenvalue weighted by Crippen LogP contribution is 2.61. The number of hydrogen-bond acceptors (Lipinski definition) is 4. The molecule has 0 spiro atoms. The molecule has 1 aromatic carbocycles. The first-order chi connectivity index (χ1) is 14.9. The van der Waals surface area contributed by atoms with Gasteiger partial charge in [0.2, 0.25) is 5.91 Å². The van der Waals surface area contributed by atoms with Crippen LogP contribution < -0.4 is 4.18 Å². The molecule has 1 N–H and O–H groups in total. The molecule has 6 nitrogen and oxygen atoms in total. The number of nitrogens with one attached hydrogen (secondary N) is 1. The second-order valence-electron chi connectivity index (χ2n) is 11.2. The topological polar surface area (TPSA) is 79.5 Å². The number of carbonyl (C=O) groups excluding carboxylic acids is 1. The molecule has 4 aliphatic rings. The lowest BCUT2D eigenvalue weighted by molar-refractivity contribution is -0.168. The first-order valence-corrected chi connectivity index (χ1v) is 13.2. The van der Waals surface area contributed by atoms with Gasteiger partial charge >= 0.3 is 10.1 Å². The van der Waals surface area contributed by atoms with E-state index in [4.69, 9.17) is 4.18 Å². The number of H-pyrrole nitrogens is 1. The molecular formula is C24H31FN2O4S. The van der Waals surface area contributed by atoms with E-state index < -0.39 is 15.9 Å². The van der Waals surface area contributed by atoms with E-state index in [0.29, 0.717) is 45.8 Å². The van der Waals surface area contributed by atoms with Crippen molar-refractivity contribution < 1.29 is 21.8 Å². The van der Waals surface area contributed by atoms with E-state index in [-0.39, 0.29) is 17.6 Å². The van der Waals surface area contributed by atoms with Crippen LogP contribution in [0.2, 0.25) is 0 Å². The van der Waals surface area contributed by atoms with Crippen LogP contribution >= 0.6 is 0 Å². The number of benzene rings is 1. The van der Waals surface area contributed by atoms with E-state index in [0.717, 1.165) is 31.9 Å². The van der Waals surface area contributed by atoms with Crippen molar-refractivity contribution in [2.75, 3.05) is 6.26 Å². The maximum absolute atomic E-state index is 14.5. The van der Waals surface area contributed by atoms with Gasteiger partial charge in [-0.2, -0.15) is 8.42 Å². The lowest BCUT2D eigenvalue weighted by Crippen LogP contribution is -2.65. The number of aromatic amines is 1. The van der Waals surface area contributed by atoms with Gasteiger partial charge in [-0.15, -0.1) is 0 Å². The molecule has 1 amide bonds. The Balaban J connectivity index is 1.42. The van der Waals surface area contributed by atoms with Crippen LogP contribution in [-0.2, 0) is 14.9 Å². The molecule has 2 aliphatic carbocycles. The zero-order chi connectivity index (χ0) is 23.1. The number of aromatic nitrogens is 1. The average Bonchev–Trinajstić information content (AvgIpc) is 3.05. The van der Waals surface area contributed by atoms with Crippen molar-refractivity contribution in [1.29, 1.82) is 0 Å². The molecule has 2 saturated carbocycles. The molecule has 2 aromatic rings. The molecule has 8 heteroatoms. The van der Waals surface area contributed by atoms with E-state index in [2.05, 4.69) is 23.7 Å². The maximum atomic E-state index is 14.5.